The van der Waals surface area contributed by atoms with Crippen LogP contribution in [0.25, 0.3) is 44.8 Å². The third-order valence-electron chi connectivity index (χ3n) is 12.4. The van der Waals surface area contributed by atoms with E-state index < -0.39 is 5.41 Å². The summed E-state index contributed by atoms with van der Waals surface area (Å²) in [5, 5.41) is 6.38. The van der Waals surface area contributed by atoms with Crippen LogP contribution >= 0.6 is 0 Å². The van der Waals surface area contributed by atoms with Crippen molar-refractivity contribution < 1.29 is 4.74 Å². The second-order valence-corrected chi connectivity index (χ2v) is 15.4. The second kappa shape index (κ2) is 12.4. The van der Waals surface area contributed by atoms with Gasteiger partial charge in [0.05, 0.1) is 11.1 Å². The van der Waals surface area contributed by atoms with Crippen molar-refractivity contribution in [2.45, 2.75) is 18.0 Å². The molecule has 0 fully saturated rings. The summed E-state index contributed by atoms with van der Waals surface area (Å²) in [6.07, 6.45) is 7.42. The van der Waals surface area contributed by atoms with E-state index in [1.165, 1.54) is 49.7 Å². The zero-order valence-corrected chi connectivity index (χ0v) is 31.1. The van der Waals surface area contributed by atoms with Crippen LogP contribution in [0.1, 0.15) is 56.2 Å². The highest BCUT2D eigenvalue weighted by atomic mass is 16.5. The van der Waals surface area contributed by atoms with E-state index in [9.17, 15) is 0 Å². The molecule has 12 rings (SSSR count). The van der Waals surface area contributed by atoms with Crippen molar-refractivity contribution in [2.24, 2.45) is 4.99 Å². The summed E-state index contributed by atoms with van der Waals surface area (Å²) in [7, 11) is 0. The summed E-state index contributed by atoms with van der Waals surface area (Å²) >= 11 is 0. The summed E-state index contributed by atoms with van der Waals surface area (Å²) in [6, 6.07) is 63.7. The van der Waals surface area contributed by atoms with E-state index in [0.29, 0.717) is 0 Å². The first-order valence-corrected chi connectivity index (χ1v) is 19.8. The number of aliphatic imine (C=N–C) groups is 1. The van der Waals surface area contributed by atoms with Crippen LogP contribution in [0.3, 0.4) is 0 Å². The zero-order valence-electron chi connectivity index (χ0n) is 31.1. The minimum absolute atomic E-state index is 0.272. The highest BCUT2D eigenvalue weighted by Gasteiger charge is 2.51. The molecule has 1 spiro atoms. The topological polar surface area (TPSA) is 33.6 Å². The molecule has 2 heterocycles. The number of para-hydroxylation sites is 2. The molecule has 2 aliphatic carbocycles. The summed E-state index contributed by atoms with van der Waals surface area (Å²) < 4.78 is 6.97. The van der Waals surface area contributed by atoms with Gasteiger partial charge in [0.25, 0.3) is 0 Å². The number of hydrogen-bond acceptors (Lipinski definition) is 3. The van der Waals surface area contributed by atoms with Crippen molar-refractivity contribution in [2.75, 3.05) is 0 Å². The summed E-state index contributed by atoms with van der Waals surface area (Å²) in [6.45, 7) is 0. The average Bonchev–Trinajstić information content (AvgIpc) is 3.57. The van der Waals surface area contributed by atoms with E-state index in [4.69, 9.17) is 9.73 Å². The number of fused-ring (bicyclic) bond motifs is 9. The zero-order chi connectivity index (χ0) is 37.5. The van der Waals surface area contributed by atoms with Gasteiger partial charge in [0.1, 0.15) is 17.7 Å². The van der Waals surface area contributed by atoms with Crippen molar-refractivity contribution in [3.05, 3.63) is 238 Å². The predicted molar refractivity (Wildman–Crippen MR) is 233 cm³/mol. The van der Waals surface area contributed by atoms with Crippen LogP contribution in [-0.2, 0) is 11.8 Å². The van der Waals surface area contributed by atoms with E-state index in [2.05, 4.69) is 199 Å². The van der Waals surface area contributed by atoms with E-state index in [-0.39, 0.29) is 6.17 Å². The molecule has 0 saturated carbocycles. The molecule has 1 atom stereocenters. The van der Waals surface area contributed by atoms with Crippen LogP contribution < -0.4 is 10.1 Å². The normalized spacial score (nSPS) is 16.4. The Balaban J connectivity index is 0.973. The largest absolute Gasteiger partial charge is 0.456 e. The third kappa shape index (κ3) is 4.76. The van der Waals surface area contributed by atoms with Gasteiger partial charge in [0.2, 0.25) is 0 Å². The Morgan fingerprint density at radius 2 is 1.25 bits per heavy atom. The highest BCUT2D eigenvalue weighted by molar-refractivity contribution is 6.15. The smallest absolute Gasteiger partial charge is 0.145 e. The second-order valence-electron chi connectivity index (χ2n) is 15.4. The maximum Gasteiger partial charge on any atom is 0.145 e. The van der Waals surface area contributed by atoms with E-state index >= 15 is 0 Å². The molecule has 0 saturated heterocycles. The van der Waals surface area contributed by atoms with Crippen LogP contribution in [0.5, 0.6) is 11.5 Å². The Labute approximate surface area is 332 Å². The summed E-state index contributed by atoms with van der Waals surface area (Å²) in [4.78, 5) is 5.39. The Morgan fingerprint density at radius 1 is 0.561 bits per heavy atom. The van der Waals surface area contributed by atoms with Crippen molar-refractivity contribution in [1.29, 1.82) is 0 Å². The Morgan fingerprint density at radius 3 is 2.05 bits per heavy atom. The molecular formula is C54H36N2O. The van der Waals surface area contributed by atoms with Gasteiger partial charge in [-0.15, -0.1) is 0 Å². The van der Waals surface area contributed by atoms with Crippen LogP contribution in [-0.4, -0.2) is 5.71 Å². The molecular weight excluding hydrogens is 693 g/mol. The number of rotatable bonds is 4. The number of nitrogens with one attached hydrogen (secondary N) is 1. The standard InChI is InChI=1S/C54H36N2O/c1-2-13-35(14-3-1)48-33-49(40-31-38-17-10-15-36-16-11-18-39(32-40)51(36)38)56-53(55-48)37-29-27-34(28-30-37)41-21-12-25-47-52(41)57-50-26-9-8-24-46(50)54(47)44-22-6-4-19-42(44)43-20-5-7-23-45(43)54/h1-15,17-33,53,55H,16H2. The molecule has 0 radical (unpaired) electrons. The van der Waals surface area contributed by atoms with Gasteiger partial charge in [-0.2, -0.15) is 0 Å². The van der Waals surface area contributed by atoms with E-state index in [0.717, 1.165) is 62.7 Å². The van der Waals surface area contributed by atoms with Gasteiger partial charge in [-0.05, 0) is 91.5 Å². The average molecular weight is 729 g/mol. The van der Waals surface area contributed by atoms with Crippen molar-refractivity contribution >= 4 is 28.3 Å². The third-order valence-corrected chi connectivity index (χ3v) is 12.4. The first-order chi connectivity index (χ1) is 28.2. The molecule has 3 nitrogen and oxygen atoms in total. The quantitative estimate of drug-likeness (QED) is 0.196. The SMILES string of the molecule is C1=Cc2cc(C3=NC(c4ccc(-c5cccc6c5Oc5ccccc5C65c6ccccc6-c6ccccc65)cc4)NC(c4ccccc4)=C3)cc3cccc(c23)C1. The predicted octanol–water partition coefficient (Wildman–Crippen LogP) is 12.7. The maximum absolute atomic E-state index is 6.97. The van der Waals surface area contributed by atoms with Gasteiger partial charge in [0, 0.05) is 28.0 Å². The Hall–Kier alpha value is -7.23. The first kappa shape index (κ1) is 32.1. The molecule has 2 aliphatic heterocycles. The van der Waals surface area contributed by atoms with Crippen molar-refractivity contribution in [3.63, 3.8) is 0 Å². The molecule has 0 aromatic heterocycles. The number of nitrogens with zero attached hydrogens (tertiary/aromatic N) is 1. The number of hydrogen-bond donors (Lipinski definition) is 1. The van der Waals surface area contributed by atoms with Gasteiger partial charge in [-0.1, -0.05) is 170 Å². The number of allylic oxidation sites excluding steroid dienone is 2. The van der Waals surface area contributed by atoms with Gasteiger partial charge in [0.15, 0.2) is 0 Å². The fraction of sp³-hybridized carbons (Fsp3) is 0.0556. The lowest BCUT2D eigenvalue weighted by Gasteiger charge is -2.40. The fourth-order valence-corrected chi connectivity index (χ4v) is 9.89. The van der Waals surface area contributed by atoms with Crippen molar-refractivity contribution in [1.82, 2.24) is 5.32 Å². The van der Waals surface area contributed by atoms with Gasteiger partial charge in [-0.25, -0.2) is 0 Å². The molecule has 8 aromatic carbocycles. The minimum Gasteiger partial charge on any atom is -0.456 e. The Bertz CT molecular complexity index is 3000. The van der Waals surface area contributed by atoms with E-state index in [1.54, 1.807) is 0 Å². The first-order valence-electron chi connectivity index (χ1n) is 19.8. The Kier molecular flexibility index (Phi) is 6.97. The lowest BCUT2D eigenvalue weighted by molar-refractivity contribution is 0.438. The lowest BCUT2D eigenvalue weighted by atomic mass is 9.65. The highest BCUT2D eigenvalue weighted by Crippen LogP contribution is 2.63. The monoisotopic (exact) mass is 728 g/mol. The van der Waals surface area contributed by atoms with Crippen LogP contribution in [0.15, 0.2) is 193 Å². The number of ether oxygens (including phenoxy) is 1. The van der Waals surface area contributed by atoms with E-state index in [1.807, 2.05) is 0 Å². The van der Waals surface area contributed by atoms with Gasteiger partial charge < -0.3 is 10.1 Å². The molecule has 4 aliphatic rings. The van der Waals surface area contributed by atoms with Crippen molar-refractivity contribution in [3.8, 4) is 33.8 Å². The molecule has 1 unspecified atom stereocenters. The summed E-state index contributed by atoms with van der Waals surface area (Å²) in [5.41, 5.74) is 17.1. The molecule has 0 amide bonds. The van der Waals surface area contributed by atoms with Crippen LogP contribution in [0, 0.1) is 0 Å². The molecule has 1 N–H and O–H groups in total. The van der Waals surface area contributed by atoms with Gasteiger partial charge in [-0.3, -0.25) is 4.99 Å². The lowest BCUT2D eigenvalue weighted by Crippen LogP contribution is -2.32. The fourth-order valence-electron chi connectivity index (χ4n) is 9.89. The molecule has 268 valence electrons. The molecule has 3 heteroatoms. The van der Waals surface area contributed by atoms with Gasteiger partial charge >= 0.3 is 0 Å². The van der Waals surface area contributed by atoms with Crippen LogP contribution in [0.2, 0.25) is 0 Å². The summed E-state index contributed by atoms with van der Waals surface area (Å²) in [5.74, 6) is 1.79. The molecule has 57 heavy (non-hydrogen) atoms. The minimum atomic E-state index is -0.497. The van der Waals surface area contributed by atoms with Crippen LogP contribution in [0.4, 0.5) is 0 Å². The molecule has 0 bridgehead atoms. The number of benzene rings is 8. The molecule has 8 aromatic rings. The maximum atomic E-state index is 6.97.